The van der Waals surface area contributed by atoms with Crippen LogP contribution in [0.25, 0.3) is 0 Å². The van der Waals surface area contributed by atoms with Crippen LogP contribution in [0.15, 0.2) is 24.3 Å². The molecule has 2 atom stereocenters. The van der Waals surface area contributed by atoms with Gasteiger partial charge in [-0.3, -0.25) is 0 Å². The molecule has 1 aliphatic carbocycles. The average Bonchev–Trinajstić information content (AvgIpc) is 2.85. The number of ether oxygens (including phenoxy) is 1. The van der Waals surface area contributed by atoms with Gasteiger partial charge in [0.15, 0.2) is 0 Å². The second kappa shape index (κ2) is 3.59. The molecule has 0 bridgehead atoms. The molecule has 1 fully saturated rings. The summed E-state index contributed by atoms with van der Waals surface area (Å²) in [5.41, 5.74) is 1.34. The third-order valence-corrected chi connectivity index (χ3v) is 2.81. The van der Waals surface area contributed by atoms with Crippen LogP contribution in [0.3, 0.4) is 0 Å². The average molecular weight is 197 g/mol. The van der Waals surface area contributed by atoms with Gasteiger partial charge in [0, 0.05) is 11.3 Å². The molecular weight excluding hydrogens is 184 g/mol. The number of benzene rings is 1. The molecule has 0 aromatic heterocycles. The second-order valence-electron chi connectivity index (χ2n) is 3.36. The Morgan fingerprint density at radius 2 is 2.00 bits per heavy atom. The lowest BCUT2D eigenvalue weighted by Crippen LogP contribution is -1.91. The molecule has 1 aromatic carbocycles. The highest BCUT2D eigenvalue weighted by Crippen LogP contribution is 2.45. The van der Waals surface area contributed by atoms with E-state index in [-0.39, 0.29) is 0 Å². The molecule has 1 saturated carbocycles. The van der Waals surface area contributed by atoms with Crippen LogP contribution < -0.4 is 4.74 Å². The molecule has 2 heteroatoms. The zero-order valence-electron chi connectivity index (χ0n) is 7.66. The lowest BCUT2D eigenvalue weighted by molar-refractivity contribution is 0.340. The van der Waals surface area contributed by atoms with E-state index in [4.69, 9.17) is 16.3 Å². The van der Waals surface area contributed by atoms with Crippen molar-refractivity contribution in [1.29, 1.82) is 0 Å². The van der Waals surface area contributed by atoms with Crippen LogP contribution in [0.4, 0.5) is 0 Å². The van der Waals surface area contributed by atoms with E-state index in [9.17, 15) is 0 Å². The monoisotopic (exact) mass is 196 g/mol. The molecule has 0 N–H and O–H groups in total. The number of alkyl halides is 1. The van der Waals surface area contributed by atoms with Crippen LogP contribution in [0.5, 0.6) is 5.75 Å². The highest BCUT2D eigenvalue weighted by molar-refractivity contribution is 6.23. The minimum atomic E-state index is 0.359. The van der Waals surface area contributed by atoms with Crippen molar-refractivity contribution >= 4 is 11.6 Å². The summed E-state index contributed by atoms with van der Waals surface area (Å²) in [4.78, 5) is 0. The molecule has 0 saturated heterocycles. The van der Waals surface area contributed by atoms with E-state index < -0.39 is 0 Å². The summed E-state index contributed by atoms with van der Waals surface area (Å²) in [6.07, 6.45) is 1.12. The van der Waals surface area contributed by atoms with Crippen LogP contribution in [-0.4, -0.2) is 12.0 Å². The summed E-state index contributed by atoms with van der Waals surface area (Å²) in [7, 11) is 0. The molecule has 0 aliphatic heterocycles. The van der Waals surface area contributed by atoms with Crippen molar-refractivity contribution in [3.8, 4) is 5.75 Å². The van der Waals surface area contributed by atoms with Gasteiger partial charge in [-0.25, -0.2) is 0 Å². The SMILES string of the molecule is CCOc1ccc(C2CC2Cl)cc1. The third kappa shape index (κ3) is 1.97. The Balaban J connectivity index is 2.06. The Labute approximate surface area is 83.7 Å². The van der Waals surface area contributed by atoms with E-state index in [2.05, 4.69) is 12.1 Å². The van der Waals surface area contributed by atoms with Gasteiger partial charge in [-0.15, -0.1) is 11.6 Å². The van der Waals surface area contributed by atoms with Crippen LogP contribution in [0, 0.1) is 0 Å². The van der Waals surface area contributed by atoms with Gasteiger partial charge in [0.05, 0.1) is 6.61 Å². The Hall–Kier alpha value is -0.690. The van der Waals surface area contributed by atoms with E-state index in [0.29, 0.717) is 11.3 Å². The maximum atomic E-state index is 5.96. The van der Waals surface area contributed by atoms with Gasteiger partial charge in [-0.2, -0.15) is 0 Å². The smallest absolute Gasteiger partial charge is 0.119 e. The Morgan fingerprint density at radius 1 is 1.38 bits per heavy atom. The van der Waals surface area contributed by atoms with E-state index in [1.807, 2.05) is 19.1 Å². The van der Waals surface area contributed by atoms with Crippen molar-refractivity contribution in [3.63, 3.8) is 0 Å². The van der Waals surface area contributed by atoms with Crippen molar-refractivity contribution in [1.82, 2.24) is 0 Å². The van der Waals surface area contributed by atoms with Gasteiger partial charge in [0.25, 0.3) is 0 Å². The zero-order valence-corrected chi connectivity index (χ0v) is 8.42. The number of halogens is 1. The van der Waals surface area contributed by atoms with Gasteiger partial charge < -0.3 is 4.74 Å². The fourth-order valence-electron chi connectivity index (χ4n) is 1.49. The zero-order chi connectivity index (χ0) is 9.26. The van der Waals surface area contributed by atoms with Gasteiger partial charge in [-0.1, -0.05) is 12.1 Å². The lowest BCUT2D eigenvalue weighted by Gasteiger charge is -2.03. The van der Waals surface area contributed by atoms with Crippen molar-refractivity contribution in [3.05, 3.63) is 29.8 Å². The van der Waals surface area contributed by atoms with E-state index in [1.165, 1.54) is 5.56 Å². The van der Waals surface area contributed by atoms with Gasteiger partial charge in [0.1, 0.15) is 5.75 Å². The summed E-state index contributed by atoms with van der Waals surface area (Å²) >= 11 is 5.96. The molecule has 1 nitrogen and oxygen atoms in total. The first-order valence-electron chi connectivity index (χ1n) is 4.68. The predicted octanol–water partition coefficient (Wildman–Crippen LogP) is 3.18. The second-order valence-corrected chi connectivity index (χ2v) is 3.92. The van der Waals surface area contributed by atoms with E-state index in [1.54, 1.807) is 0 Å². The maximum Gasteiger partial charge on any atom is 0.119 e. The first-order chi connectivity index (χ1) is 6.31. The Bertz CT molecular complexity index is 281. The molecule has 2 unspecified atom stereocenters. The first kappa shape index (κ1) is 8.89. The highest BCUT2D eigenvalue weighted by atomic mass is 35.5. The highest BCUT2D eigenvalue weighted by Gasteiger charge is 2.36. The summed E-state index contributed by atoms with van der Waals surface area (Å²) in [5, 5.41) is 0.359. The number of hydrogen-bond donors (Lipinski definition) is 0. The molecule has 0 spiro atoms. The number of hydrogen-bond acceptors (Lipinski definition) is 1. The molecule has 2 rings (SSSR count). The maximum absolute atomic E-state index is 5.96. The Kier molecular flexibility index (Phi) is 2.45. The molecular formula is C11H13ClO. The molecule has 70 valence electrons. The molecule has 0 amide bonds. The lowest BCUT2D eigenvalue weighted by atomic mass is 10.1. The number of rotatable bonds is 3. The third-order valence-electron chi connectivity index (χ3n) is 2.33. The summed E-state index contributed by atoms with van der Waals surface area (Å²) in [5.74, 6) is 1.52. The molecule has 13 heavy (non-hydrogen) atoms. The quantitative estimate of drug-likeness (QED) is 0.675. The van der Waals surface area contributed by atoms with Crippen molar-refractivity contribution < 1.29 is 4.74 Å². The van der Waals surface area contributed by atoms with Gasteiger partial charge in [0.2, 0.25) is 0 Å². The minimum Gasteiger partial charge on any atom is -0.494 e. The molecule has 1 aliphatic rings. The Morgan fingerprint density at radius 3 is 2.46 bits per heavy atom. The molecule has 0 radical (unpaired) electrons. The standard InChI is InChI=1S/C11H13ClO/c1-2-13-9-5-3-8(4-6-9)10-7-11(10)12/h3-6,10-11H,2,7H2,1H3. The fraction of sp³-hybridized carbons (Fsp3) is 0.455. The first-order valence-corrected chi connectivity index (χ1v) is 5.11. The van der Waals surface area contributed by atoms with Gasteiger partial charge >= 0.3 is 0 Å². The van der Waals surface area contributed by atoms with Crippen molar-refractivity contribution in [2.24, 2.45) is 0 Å². The predicted molar refractivity (Wildman–Crippen MR) is 54.6 cm³/mol. The van der Waals surface area contributed by atoms with Crippen LogP contribution in [0.2, 0.25) is 0 Å². The fourth-order valence-corrected chi connectivity index (χ4v) is 1.82. The normalized spacial score (nSPS) is 25.7. The van der Waals surface area contributed by atoms with E-state index >= 15 is 0 Å². The van der Waals surface area contributed by atoms with Crippen molar-refractivity contribution in [2.75, 3.05) is 6.61 Å². The van der Waals surface area contributed by atoms with Crippen LogP contribution in [-0.2, 0) is 0 Å². The van der Waals surface area contributed by atoms with Gasteiger partial charge in [-0.05, 0) is 31.0 Å². The summed E-state index contributed by atoms with van der Waals surface area (Å²) < 4.78 is 5.35. The topological polar surface area (TPSA) is 9.23 Å². The van der Waals surface area contributed by atoms with Crippen LogP contribution in [0.1, 0.15) is 24.8 Å². The summed E-state index contributed by atoms with van der Waals surface area (Å²) in [6.45, 7) is 2.71. The minimum absolute atomic E-state index is 0.359. The van der Waals surface area contributed by atoms with Crippen LogP contribution >= 0.6 is 11.6 Å². The van der Waals surface area contributed by atoms with E-state index in [0.717, 1.165) is 18.8 Å². The molecule has 1 aromatic rings. The molecule has 0 heterocycles. The largest absolute Gasteiger partial charge is 0.494 e. The van der Waals surface area contributed by atoms with Crippen molar-refractivity contribution in [2.45, 2.75) is 24.6 Å². The summed E-state index contributed by atoms with van der Waals surface area (Å²) in [6, 6.07) is 8.25.